The molecular formula is C17H17N5O. The van der Waals surface area contributed by atoms with E-state index in [1.807, 2.05) is 26.2 Å². The summed E-state index contributed by atoms with van der Waals surface area (Å²) in [5, 5.41) is 11.9. The van der Waals surface area contributed by atoms with Gasteiger partial charge in [-0.15, -0.1) is 0 Å². The van der Waals surface area contributed by atoms with Gasteiger partial charge in [-0.3, -0.25) is 4.79 Å². The Labute approximate surface area is 134 Å². The molecule has 6 heteroatoms. The fraction of sp³-hybridized carbons (Fsp3) is 0.118. The minimum absolute atomic E-state index is 0.270. The van der Waals surface area contributed by atoms with Crippen LogP contribution in [-0.4, -0.2) is 36.2 Å². The van der Waals surface area contributed by atoms with Gasteiger partial charge in [0.2, 0.25) is 5.91 Å². The Hall–Kier alpha value is -3.33. The van der Waals surface area contributed by atoms with E-state index >= 15 is 0 Å². The molecule has 0 saturated heterocycles. The standard InChI is InChI=1S/C17H17N5O/c1-22(2)12-20-16-7-5-15(10-13(16)11-18)21-17(23)8-6-14-4-3-9-19-14/h3-10,12,19H,1-2H3,(H,21,23)/b8-6+,20-12+. The van der Waals surface area contributed by atoms with Gasteiger partial charge in [0.15, 0.2) is 0 Å². The van der Waals surface area contributed by atoms with Gasteiger partial charge in [-0.1, -0.05) is 0 Å². The molecule has 1 heterocycles. The first-order chi connectivity index (χ1) is 11.1. The van der Waals surface area contributed by atoms with E-state index in [0.717, 1.165) is 5.69 Å². The number of amides is 1. The van der Waals surface area contributed by atoms with Crippen molar-refractivity contribution in [3.8, 4) is 6.07 Å². The fourth-order valence-electron chi connectivity index (χ4n) is 1.79. The predicted octanol–water partition coefficient (Wildman–Crippen LogP) is 2.76. The summed E-state index contributed by atoms with van der Waals surface area (Å²) >= 11 is 0. The molecule has 0 aliphatic rings. The van der Waals surface area contributed by atoms with Gasteiger partial charge in [0.25, 0.3) is 0 Å². The van der Waals surface area contributed by atoms with E-state index in [-0.39, 0.29) is 5.91 Å². The third-order valence-corrected chi connectivity index (χ3v) is 2.85. The van der Waals surface area contributed by atoms with Crippen LogP contribution < -0.4 is 5.32 Å². The number of nitrogens with one attached hydrogen (secondary N) is 2. The van der Waals surface area contributed by atoms with Gasteiger partial charge in [-0.2, -0.15) is 5.26 Å². The molecule has 0 saturated carbocycles. The summed E-state index contributed by atoms with van der Waals surface area (Å²) in [5.41, 5.74) is 2.34. The number of nitrogens with zero attached hydrogens (tertiary/aromatic N) is 3. The largest absolute Gasteiger partial charge is 0.369 e. The van der Waals surface area contributed by atoms with Crippen LogP contribution in [0.2, 0.25) is 0 Å². The number of rotatable bonds is 5. The summed E-state index contributed by atoms with van der Waals surface area (Å²) in [7, 11) is 3.70. The highest BCUT2D eigenvalue weighted by Crippen LogP contribution is 2.22. The number of benzene rings is 1. The molecule has 1 aromatic heterocycles. The highest BCUT2D eigenvalue weighted by atomic mass is 16.1. The fourth-order valence-corrected chi connectivity index (χ4v) is 1.79. The maximum atomic E-state index is 11.9. The molecule has 116 valence electrons. The van der Waals surface area contributed by atoms with Gasteiger partial charge in [0.05, 0.1) is 17.6 Å². The van der Waals surface area contributed by atoms with E-state index < -0.39 is 0 Å². The van der Waals surface area contributed by atoms with Crippen molar-refractivity contribution in [1.82, 2.24) is 9.88 Å². The van der Waals surface area contributed by atoms with Crippen LogP contribution in [0.3, 0.4) is 0 Å². The molecule has 6 nitrogen and oxygen atoms in total. The molecule has 0 aliphatic heterocycles. The highest BCUT2D eigenvalue weighted by molar-refractivity contribution is 6.02. The Balaban J connectivity index is 2.09. The van der Waals surface area contributed by atoms with Crippen LogP contribution in [0.5, 0.6) is 0 Å². The van der Waals surface area contributed by atoms with Gasteiger partial charge < -0.3 is 15.2 Å². The van der Waals surface area contributed by atoms with Crippen molar-refractivity contribution in [2.24, 2.45) is 4.99 Å². The van der Waals surface area contributed by atoms with Crippen molar-refractivity contribution in [2.75, 3.05) is 19.4 Å². The van der Waals surface area contributed by atoms with E-state index in [0.29, 0.717) is 16.9 Å². The molecule has 0 atom stereocenters. The maximum absolute atomic E-state index is 11.9. The van der Waals surface area contributed by atoms with Crippen molar-refractivity contribution in [3.63, 3.8) is 0 Å². The average molecular weight is 307 g/mol. The van der Waals surface area contributed by atoms with Crippen LogP contribution in [0, 0.1) is 11.3 Å². The van der Waals surface area contributed by atoms with Crippen LogP contribution in [0.15, 0.2) is 47.6 Å². The summed E-state index contributed by atoms with van der Waals surface area (Å²) < 4.78 is 0. The highest BCUT2D eigenvalue weighted by Gasteiger charge is 2.04. The Kier molecular flexibility index (Phi) is 5.31. The molecule has 2 N–H and O–H groups in total. The third-order valence-electron chi connectivity index (χ3n) is 2.85. The Morgan fingerprint density at radius 3 is 2.87 bits per heavy atom. The lowest BCUT2D eigenvalue weighted by atomic mass is 10.1. The van der Waals surface area contributed by atoms with E-state index in [9.17, 15) is 10.1 Å². The van der Waals surface area contributed by atoms with Crippen LogP contribution in [0.25, 0.3) is 6.08 Å². The number of hydrogen-bond donors (Lipinski definition) is 2. The van der Waals surface area contributed by atoms with Crippen molar-refractivity contribution < 1.29 is 4.79 Å². The molecule has 0 aliphatic carbocycles. The first kappa shape index (κ1) is 16.0. The monoisotopic (exact) mass is 307 g/mol. The van der Waals surface area contributed by atoms with Gasteiger partial charge in [0, 0.05) is 37.7 Å². The number of aromatic amines is 1. The molecule has 23 heavy (non-hydrogen) atoms. The molecule has 0 unspecified atom stereocenters. The molecule has 2 aromatic rings. The molecule has 0 spiro atoms. The summed E-state index contributed by atoms with van der Waals surface area (Å²) in [6.45, 7) is 0. The maximum Gasteiger partial charge on any atom is 0.248 e. The second-order valence-electron chi connectivity index (χ2n) is 5.00. The Morgan fingerprint density at radius 1 is 1.39 bits per heavy atom. The average Bonchev–Trinajstić information content (AvgIpc) is 3.05. The number of aliphatic imine (C=N–C) groups is 1. The number of H-pyrrole nitrogens is 1. The summed E-state index contributed by atoms with van der Waals surface area (Å²) in [6, 6.07) is 10.8. The van der Waals surface area contributed by atoms with Crippen LogP contribution >= 0.6 is 0 Å². The number of nitriles is 1. The number of anilines is 1. The number of hydrogen-bond acceptors (Lipinski definition) is 3. The van der Waals surface area contributed by atoms with Crippen LogP contribution in [-0.2, 0) is 4.79 Å². The number of carbonyl (C=O) groups is 1. The number of carbonyl (C=O) groups excluding carboxylic acids is 1. The Bertz CT molecular complexity index is 767. The number of aromatic nitrogens is 1. The van der Waals surface area contributed by atoms with Crippen molar-refractivity contribution >= 4 is 29.7 Å². The van der Waals surface area contributed by atoms with Crippen molar-refractivity contribution in [3.05, 3.63) is 53.9 Å². The summed E-state index contributed by atoms with van der Waals surface area (Å²) in [5.74, 6) is -0.270. The third kappa shape index (κ3) is 4.86. The van der Waals surface area contributed by atoms with Gasteiger partial charge in [0.1, 0.15) is 6.07 Å². The zero-order valence-electron chi connectivity index (χ0n) is 12.9. The second kappa shape index (κ2) is 7.61. The zero-order chi connectivity index (χ0) is 16.7. The van der Waals surface area contributed by atoms with Gasteiger partial charge in [-0.05, 0) is 36.4 Å². The predicted molar refractivity (Wildman–Crippen MR) is 91.5 cm³/mol. The lowest BCUT2D eigenvalue weighted by Crippen LogP contribution is -2.08. The topological polar surface area (TPSA) is 84.3 Å². The molecule has 1 aromatic carbocycles. The minimum Gasteiger partial charge on any atom is -0.369 e. The molecule has 2 rings (SSSR count). The van der Waals surface area contributed by atoms with Crippen molar-refractivity contribution in [1.29, 1.82) is 5.26 Å². The first-order valence-electron chi connectivity index (χ1n) is 6.95. The van der Waals surface area contributed by atoms with E-state index in [1.165, 1.54) is 6.08 Å². The lowest BCUT2D eigenvalue weighted by Gasteiger charge is -2.06. The van der Waals surface area contributed by atoms with E-state index in [4.69, 9.17) is 0 Å². The van der Waals surface area contributed by atoms with Crippen LogP contribution in [0.1, 0.15) is 11.3 Å². The lowest BCUT2D eigenvalue weighted by molar-refractivity contribution is -0.111. The molecule has 0 bridgehead atoms. The van der Waals surface area contributed by atoms with Gasteiger partial charge >= 0.3 is 0 Å². The quantitative estimate of drug-likeness (QED) is 0.506. The molecule has 0 radical (unpaired) electrons. The summed E-state index contributed by atoms with van der Waals surface area (Å²) in [4.78, 5) is 20.8. The van der Waals surface area contributed by atoms with Crippen LogP contribution in [0.4, 0.5) is 11.4 Å². The smallest absolute Gasteiger partial charge is 0.248 e. The second-order valence-corrected chi connectivity index (χ2v) is 5.00. The van der Waals surface area contributed by atoms with Crippen molar-refractivity contribution in [2.45, 2.75) is 0 Å². The SMILES string of the molecule is CN(C)/C=N/c1ccc(NC(=O)/C=C/c2ccc[nH]2)cc1C#N. The van der Waals surface area contributed by atoms with E-state index in [2.05, 4.69) is 21.4 Å². The van der Waals surface area contributed by atoms with Gasteiger partial charge in [-0.25, -0.2) is 4.99 Å². The first-order valence-corrected chi connectivity index (χ1v) is 6.95. The minimum atomic E-state index is -0.270. The molecular weight excluding hydrogens is 290 g/mol. The molecule has 1 amide bonds. The van der Waals surface area contributed by atoms with E-state index in [1.54, 1.807) is 41.7 Å². The Morgan fingerprint density at radius 2 is 2.22 bits per heavy atom. The molecule has 0 fully saturated rings. The summed E-state index contributed by atoms with van der Waals surface area (Å²) in [6.07, 6.45) is 6.50. The zero-order valence-corrected chi connectivity index (χ0v) is 12.9. The normalized spacial score (nSPS) is 10.8.